The Hall–Kier alpha value is -1.50. The highest BCUT2D eigenvalue weighted by molar-refractivity contribution is 5.15. The van der Waals surface area contributed by atoms with Crippen LogP contribution in [0, 0.1) is 0 Å². The highest BCUT2D eigenvalue weighted by Crippen LogP contribution is 2.09. The molecule has 1 heterocycles. The second-order valence-electron chi connectivity index (χ2n) is 4.38. The van der Waals surface area contributed by atoms with Gasteiger partial charge in [0.05, 0.1) is 0 Å². The van der Waals surface area contributed by atoms with E-state index in [2.05, 4.69) is 60.4 Å². The van der Waals surface area contributed by atoms with Crippen molar-refractivity contribution >= 4 is 0 Å². The second kappa shape index (κ2) is 5.55. The van der Waals surface area contributed by atoms with Gasteiger partial charge in [0.2, 0.25) is 0 Å². The summed E-state index contributed by atoms with van der Waals surface area (Å²) in [6.07, 6.45) is 9.29. The minimum Gasteiger partial charge on any atom is -0.357 e. The molecule has 16 heavy (non-hydrogen) atoms. The van der Waals surface area contributed by atoms with Crippen LogP contribution in [0.4, 0.5) is 0 Å². The van der Waals surface area contributed by atoms with Gasteiger partial charge in [-0.25, -0.2) is 0 Å². The summed E-state index contributed by atoms with van der Waals surface area (Å²) < 4.78 is 2.12. The van der Waals surface area contributed by atoms with E-state index >= 15 is 0 Å². The van der Waals surface area contributed by atoms with Crippen LogP contribution in [-0.4, -0.2) is 4.57 Å². The van der Waals surface area contributed by atoms with E-state index in [0.29, 0.717) is 0 Å². The highest BCUT2D eigenvalue weighted by Gasteiger charge is 1.96. The molecule has 0 aliphatic rings. The van der Waals surface area contributed by atoms with Crippen LogP contribution in [0.5, 0.6) is 0 Å². The first-order chi connectivity index (χ1) is 7.84. The van der Waals surface area contributed by atoms with Crippen LogP contribution < -0.4 is 0 Å². The van der Waals surface area contributed by atoms with Crippen LogP contribution in [0.25, 0.3) is 0 Å². The van der Waals surface area contributed by atoms with Gasteiger partial charge in [-0.05, 0) is 42.9 Å². The van der Waals surface area contributed by atoms with Crippen molar-refractivity contribution in [1.82, 2.24) is 4.57 Å². The number of rotatable bonds is 5. The van der Waals surface area contributed by atoms with E-state index in [9.17, 15) is 0 Å². The predicted molar refractivity (Wildman–Crippen MR) is 68.5 cm³/mol. The largest absolute Gasteiger partial charge is 0.357 e. The zero-order chi connectivity index (χ0) is 11.2. The number of hydrogen-bond acceptors (Lipinski definition) is 0. The molecule has 2 rings (SSSR count). The fraction of sp³-hybridized carbons (Fsp3) is 0.333. The average molecular weight is 213 g/mol. The Bertz CT molecular complexity index is 414. The van der Waals surface area contributed by atoms with Gasteiger partial charge < -0.3 is 4.57 Å². The maximum absolute atomic E-state index is 2.21. The predicted octanol–water partition coefficient (Wildman–Crippen LogP) is 3.59. The van der Waals surface area contributed by atoms with Crippen molar-refractivity contribution in [3.05, 3.63) is 59.9 Å². The smallest absolute Gasteiger partial charge is 0.0106 e. The zero-order valence-corrected chi connectivity index (χ0v) is 9.89. The molecule has 0 N–H and O–H groups in total. The molecule has 1 aromatic heterocycles. The molecule has 0 atom stereocenters. The molecule has 0 saturated heterocycles. The third kappa shape index (κ3) is 3.27. The molecular weight excluding hydrogens is 194 g/mol. The first kappa shape index (κ1) is 11.0. The third-order valence-electron chi connectivity index (χ3n) is 2.92. The Kier molecular flexibility index (Phi) is 3.81. The lowest BCUT2D eigenvalue weighted by atomic mass is 10.1. The summed E-state index contributed by atoms with van der Waals surface area (Å²) in [5, 5.41) is 0. The molecule has 0 spiro atoms. The summed E-state index contributed by atoms with van der Waals surface area (Å²) in [5.74, 6) is 0. The maximum Gasteiger partial charge on any atom is 0.0106 e. The Labute approximate surface area is 97.7 Å². The second-order valence-corrected chi connectivity index (χ2v) is 4.38. The Morgan fingerprint density at radius 2 is 1.56 bits per heavy atom. The van der Waals surface area contributed by atoms with Gasteiger partial charge in [-0.1, -0.05) is 30.3 Å². The van der Waals surface area contributed by atoms with Crippen molar-refractivity contribution in [1.29, 1.82) is 0 Å². The lowest BCUT2D eigenvalue weighted by molar-refractivity contribution is 0.733. The molecule has 1 aromatic carbocycles. The van der Waals surface area contributed by atoms with E-state index in [1.54, 1.807) is 0 Å². The van der Waals surface area contributed by atoms with Gasteiger partial charge in [-0.3, -0.25) is 0 Å². The van der Waals surface area contributed by atoms with E-state index in [0.717, 1.165) is 0 Å². The Morgan fingerprint density at radius 1 is 0.875 bits per heavy atom. The quantitative estimate of drug-likeness (QED) is 0.669. The molecule has 0 fully saturated rings. The Balaban J connectivity index is 1.69. The molecule has 0 radical (unpaired) electrons. The van der Waals surface area contributed by atoms with Crippen molar-refractivity contribution in [3.8, 4) is 0 Å². The average Bonchev–Trinajstić information content (AvgIpc) is 2.72. The van der Waals surface area contributed by atoms with Gasteiger partial charge in [-0.15, -0.1) is 0 Å². The normalized spacial score (nSPS) is 10.6. The first-order valence-corrected chi connectivity index (χ1v) is 5.99. The van der Waals surface area contributed by atoms with Gasteiger partial charge in [0.15, 0.2) is 0 Å². The molecule has 0 amide bonds. The number of unbranched alkanes of at least 4 members (excludes halogenated alkanes) is 1. The van der Waals surface area contributed by atoms with E-state index in [4.69, 9.17) is 0 Å². The van der Waals surface area contributed by atoms with E-state index in [1.807, 2.05) is 0 Å². The molecule has 1 heteroatoms. The number of benzene rings is 1. The van der Waals surface area contributed by atoms with Crippen molar-refractivity contribution in [3.63, 3.8) is 0 Å². The summed E-state index contributed by atoms with van der Waals surface area (Å²) in [7, 11) is 2.08. The maximum atomic E-state index is 2.21. The van der Waals surface area contributed by atoms with Crippen LogP contribution in [0.3, 0.4) is 0 Å². The van der Waals surface area contributed by atoms with Gasteiger partial charge in [0, 0.05) is 19.4 Å². The summed E-state index contributed by atoms with van der Waals surface area (Å²) in [4.78, 5) is 0. The fourth-order valence-electron chi connectivity index (χ4n) is 2.01. The summed E-state index contributed by atoms with van der Waals surface area (Å²) in [6, 6.07) is 12.9. The lowest BCUT2D eigenvalue weighted by Gasteiger charge is -2.00. The number of aryl methyl sites for hydroxylation is 3. The minimum atomic E-state index is 1.20. The van der Waals surface area contributed by atoms with Crippen molar-refractivity contribution < 1.29 is 0 Å². The molecule has 1 nitrogen and oxygen atoms in total. The molecule has 0 aliphatic carbocycles. The SMILES string of the molecule is Cn1ccc(CCCCc2ccccc2)c1. The third-order valence-corrected chi connectivity index (χ3v) is 2.92. The highest BCUT2D eigenvalue weighted by atomic mass is 14.9. The van der Waals surface area contributed by atoms with E-state index < -0.39 is 0 Å². The van der Waals surface area contributed by atoms with Crippen LogP contribution in [0.1, 0.15) is 24.0 Å². The molecular formula is C15H19N. The molecule has 2 aromatic rings. The topological polar surface area (TPSA) is 4.93 Å². The summed E-state index contributed by atoms with van der Waals surface area (Å²) >= 11 is 0. The fourth-order valence-corrected chi connectivity index (χ4v) is 2.01. The van der Waals surface area contributed by atoms with Crippen LogP contribution >= 0.6 is 0 Å². The first-order valence-electron chi connectivity index (χ1n) is 5.99. The molecule has 0 saturated carbocycles. The standard InChI is InChI=1S/C15H19N/c1-16-12-11-15(13-16)10-6-5-9-14-7-3-2-4-8-14/h2-4,7-8,11-13H,5-6,9-10H2,1H3. The minimum absolute atomic E-state index is 1.20. The monoisotopic (exact) mass is 213 g/mol. The van der Waals surface area contributed by atoms with Crippen LogP contribution in [-0.2, 0) is 19.9 Å². The molecule has 0 aliphatic heterocycles. The molecule has 84 valence electrons. The van der Waals surface area contributed by atoms with E-state index in [1.165, 1.54) is 36.8 Å². The lowest BCUT2D eigenvalue weighted by Crippen LogP contribution is -1.88. The van der Waals surface area contributed by atoms with Gasteiger partial charge in [-0.2, -0.15) is 0 Å². The molecule has 0 unspecified atom stereocenters. The zero-order valence-electron chi connectivity index (χ0n) is 9.89. The van der Waals surface area contributed by atoms with Crippen molar-refractivity contribution in [2.75, 3.05) is 0 Å². The van der Waals surface area contributed by atoms with Gasteiger partial charge in [0.1, 0.15) is 0 Å². The van der Waals surface area contributed by atoms with Crippen molar-refractivity contribution in [2.24, 2.45) is 7.05 Å². The number of aromatic nitrogens is 1. The van der Waals surface area contributed by atoms with E-state index in [-0.39, 0.29) is 0 Å². The van der Waals surface area contributed by atoms with Gasteiger partial charge in [0.25, 0.3) is 0 Å². The molecule has 0 bridgehead atoms. The van der Waals surface area contributed by atoms with Gasteiger partial charge >= 0.3 is 0 Å². The van der Waals surface area contributed by atoms with Crippen LogP contribution in [0.2, 0.25) is 0 Å². The van der Waals surface area contributed by atoms with Crippen molar-refractivity contribution in [2.45, 2.75) is 25.7 Å². The summed E-state index contributed by atoms with van der Waals surface area (Å²) in [5.41, 5.74) is 2.91. The summed E-state index contributed by atoms with van der Waals surface area (Å²) in [6.45, 7) is 0. The van der Waals surface area contributed by atoms with Crippen LogP contribution in [0.15, 0.2) is 48.8 Å². The number of hydrogen-bond donors (Lipinski definition) is 0. The Morgan fingerprint density at radius 3 is 2.19 bits per heavy atom. The number of nitrogens with zero attached hydrogens (tertiary/aromatic N) is 1.